The van der Waals surface area contributed by atoms with Crippen LogP contribution in [0.3, 0.4) is 0 Å². The number of piperidine rings is 1. The average Bonchev–Trinajstić information content (AvgIpc) is 2.83. The lowest BCUT2D eigenvalue weighted by molar-refractivity contribution is 0.102. The van der Waals surface area contributed by atoms with E-state index in [0.29, 0.717) is 27.4 Å². The number of rotatable bonds is 3. The van der Waals surface area contributed by atoms with Crippen LogP contribution in [0.15, 0.2) is 65.5 Å². The molecule has 0 spiro atoms. The van der Waals surface area contributed by atoms with Crippen LogP contribution in [0.1, 0.15) is 50.7 Å². The minimum absolute atomic E-state index is 0.0979. The van der Waals surface area contributed by atoms with Crippen LogP contribution in [0.2, 0.25) is 5.02 Å². The number of pyridine rings is 1. The van der Waals surface area contributed by atoms with Crippen LogP contribution in [0.5, 0.6) is 0 Å². The molecule has 2 heterocycles. The van der Waals surface area contributed by atoms with E-state index in [1.807, 2.05) is 25.1 Å². The molecule has 1 aliphatic heterocycles. The van der Waals surface area contributed by atoms with Gasteiger partial charge in [-0.3, -0.25) is 14.3 Å². The second-order valence-electron chi connectivity index (χ2n) is 11.0. The highest BCUT2D eigenvalue weighted by Crippen LogP contribution is 2.38. The predicted molar refractivity (Wildman–Crippen MR) is 148 cm³/mol. The molecular formula is C31H31ClF2N2O. The smallest absolute Gasteiger partial charge is 0.255 e. The fraction of sp³-hybridized carbons (Fsp3) is 0.323. The van der Waals surface area contributed by atoms with Gasteiger partial charge in [-0.1, -0.05) is 29.8 Å². The predicted octanol–water partition coefficient (Wildman–Crippen LogP) is 7.88. The zero-order valence-electron chi connectivity index (χ0n) is 21.6. The normalized spacial score (nSPS) is 15.4. The van der Waals surface area contributed by atoms with Crippen LogP contribution in [-0.2, 0) is 0 Å². The summed E-state index contributed by atoms with van der Waals surface area (Å²) in [4.78, 5) is 15.8. The van der Waals surface area contributed by atoms with E-state index in [1.54, 1.807) is 16.7 Å². The summed E-state index contributed by atoms with van der Waals surface area (Å²) < 4.78 is 30.3. The Kier molecular flexibility index (Phi) is 6.71. The Balaban J connectivity index is 1.77. The highest BCUT2D eigenvalue weighted by atomic mass is 35.5. The maximum atomic E-state index is 14.3. The number of aromatic nitrogens is 1. The maximum Gasteiger partial charge on any atom is 0.255 e. The lowest BCUT2D eigenvalue weighted by Crippen LogP contribution is -2.45. The molecule has 1 aromatic heterocycles. The first kappa shape index (κ1) is 25.6. The van der Waals surface area contributed by atoms with Gasteiger partial charge in [0.2, 0.25) is 0 Å². The minimum atomic E-state index is -0.637. The van der Waals surface area contributed by atoms with E-state index >= 15 is 0 Å². The number of hydrogen-bond acceptors (Lipinski definition) is 2. The fourth-order valence-corrected chi connectivity index (χ4v) is 5.88. The van der Waals surface area contributed by atoms with E-state index in [1.165, 1.54) is 18.2 Å². The van der Waals surface area contributed by atoms with Crippen molar-refractivity contribution in [2.75, 3.05) is 13.1 Å². The third kappa shape index (κ3) is 4.95. The summed E-state index contributed by atoms with van der Waals surface area (Å²) in [6.45, 7) is 10.5. The minimum Gasteiger partial charge on any atom is -0.298 e. The Morgan fingerprint density at radius 3 is 2.22 bits per heavy atom. The average molecular weight is 521 g/mol. The summed E-state index contributed by atoms with van der Waals surface area (Å²) >= 11 is 6.62. The second kappa shape index (κ2) is 9.70. The number of likely N-dealkylation sites (tertiary alicyclic amines) is 1. The molecule has 37 heavy (non-hydrogen) atoms. The van der Waals surface area contributed by atoms with Gasteiger partial charge in [0.05, 0.1) is 16.2 Å². The number of para-hydroxylation sites is 1. The molecule has 3 nitrogen and oxygen atoms in total. The summed E-state index contributed by atoms with van der Waals surface area (Å²) in [5, 5.41) is 1.21. The van der Waals surface area contributed by atoms with Gasteiger partial charge in [-0.15, -0.1) is 0 Å². The molecule has 0 N–H and O–H groups in total. The fourth-order valence-electron chi connectivity index (χ4n) is 5.57. The zero-order valence-corrected chi connectivity index (χ0v) is 22.4. The highest BCUT2D eigenvalue weighted by molar-refractivity contribution is 6.32. The highest BCUT2D eigenvalue weighted by Gasteiger charge is 2.28. The van der Waals surface area contributed by atoms with E-state index < -0.39 is 11.6 Å². The molecule has 0 atom stereocenters. The number of benzene rings is 3. The molecule has 5 rings (SSSR count). The molecule has 0 unspecified atom stereocenters. The first-order chi connectivity index (χ1) is 17.5. The number of nitrogens with zero attached hydrogens (tertiary/aromatic N) is 2. The summed E-state index contributed by atoms with van der Waals surface area (Å²) in [5.74, 6) is -1.01. The van der Waals surface area contributed by atoms with Crippen molar-refractivity contribution in [1.29, 1.82) is 0 Å². The number of fused-ring (bicyclic) bond motifs is 1. The van der Waals surface area contributed by atoms with Gasteiger partial charge >= 0.3 is 0 Å². The van der Waals surface area contributed by atoms with E-state index in [-0.39, 0.29) is 17.0 Å². The van der Waals surface area contributed by atoms with E-state index in [0.717, 1.165) is 48.5 Å². The summed E-state index contributed by atoms with van der Waals surface area (Å²) in [5.41, 5.74) is 4.25. The third-order valence-corrected chi connectivity index (χ3v) is 7.84. The first-order valence-electron chi connectivity index (χ1n) is 12.7. The summed E-state index contributed by atoms with van der Waals surface area (Å²) in [6, 6.07) is 16.5. The first-order valence-corrected chi connectivity index (χ1v) is 13.1. The molecule has 6 heteroatoms. The number of hydrogen-bond donors (Lipinski definition) is 0. The van der Waals surface area contributed by atoms with Gasteiger partial charge < -0.3 is 0 Å². The van der Waals surface area contributed by atoms with Crippen molar-refractivity contribution in [3.63, 3.8) is 0 Å². The van der Waals surface area contributed by atoms with Crippen molar-refractivity contribution in [2.24, 2.45) is 0 Å². The Bertz CT molecular complexity index is 1510. The van der Waals surface area contributed by atoms with Gasteiger partial charge in [0.1, 0.15) is 11.6 Å². The van der Waals surface area contributed by atoms with Gasteiger partial charge in [-0.25, -0.2) is 8.78 Å². The third-order valence-electron chi connectivity index (χ3n) is 7.54. The van der Waals surface area contributed by atoms with Crippen molar-refractivity contribution in [2.45, 2.75) is 52.0 Å². The molecule has 0 aliphatic carbocycles. The van der Waals surface area contributed by atoms with E-state index in [4.69, 9.17) is 11.6 Å². The summed E-state index contributed by atoms with van der Waals surface area (Å²) in [7, 11) is 0. The molecule has 0 bridgehead atoms. The van der Waals surface area contributed by atoms with Gasteiger partial charge in [0, 0.05) is 23.1 Å². The SMILES string of the molecule is Cc1cccc(Cl)c1-n1c(=O)ccc2c(-c3cc(F)cc(F)c3)cc(C3CCN(C(C)(C)C)CC3)cc21. The van der Waals surface area contributed by atoms with Gasteiger partial charge in [-0.05, 0) is 112 Å². The Labute approximate surface area is 221 Å². The van der Waals surface area contributed by atoms with Crippen molar-refractivity contribution in [3.8, 4) is 16.8 Å². The van der Waals surface area contributed by atoms with Crippen LogP contribution in [0, 0.1) is 18.6 Å². The molecule has 1 fully saturated rings. The van der Waals surface area contributed by atoms with E-state index in [2.05, 4.69) is 31.7 Å². The van der Waals surface area contributed by atoms with Crippen molar-refractivity contribution < 1.29 is 8.78 Å². The van der Waals surface area contributed by atoms with Gasteiger partial charge in [-0.2, -0.15) is 0 Å². The topological polar surface area (TPSA) is 25.2 Å². The molecule has 0 radical (unpaired) electrons. The quantitative estimate of drug-likeness (QED) is 0.274. The second-order valence-corrected chi connectivity index (χ2v) is 11.4. The Morgan fingerprint density at radius 2 is 1.59 bits per heavy atom. The standard InChI is InChI=1S/C31H31ClF2N2O/c1-19-6-5-7-27(32)30(19)36-28-17-21(20-10-12-35(13-11-20)31(2,3)4)16-26(25(28)8-9-29(36)37)22-14-23(33)18-24(34)15-22/h5-9,14-18,20H,10-13H2,1-4H3. The van der Waals surface area contributed by atoms with Crippen LogP contribution in [0.4, 0.5) is 8.78 Å². The van der Waals surface area contributed by atoms with Crippen molar-refractivity contribution in [3.05, 3.63) is 98.8 Å². The van der Waals surface area contributed by atoms with Crippen LogP contribution < -0.4 is 5.56 Å². The largest absolute Gasteiger partial charge is 0.298 e. The lowest BCUT2D eigenvalue weighted by Gasteiger charge is -2.41. The molecule has 1 saturated heterocycles. The molecule has 1 aliphatic rings. The molecule has 0 amide bonds. The van der Waals surface area contributed by atoms with Crippen LogP contribution in [0.25, 0.3) is 27.7 Å². The Morgan fingerprint density at radius 1 is 0.919 bits per heavy atom. The van der Waals surface area contributed by atoms with Crippen LogP contribution in [-0.4, -0.2) is 28.1 Å². The van der Waals surface area contributed by atoms with Crippen molar-refractivity contribution >= 4 is 22.5 Å². The van der Waals surface area contributed by atoms with Crippen LogP contribution >= 0.6 is 11.6 Å². The molecule has 192 valence electrons. The number of halogens is 3. The van der Waals surface area contributed by atoms with Gasteiger partial charge in [0.25, 0.3) is 5.56 Å². The Hall–Kier alpha value is -3.02. The maximum absolute atomic E-state index is 14.3. The zero-order chi connectivity index (χ0) is 26.5. The van der Waals surface area contributed by atoms with E-state index in [9.17, 15) is 13.6 Å². The monoisotopic (exact) mass is 520 g/mol. The van der Waals surface area contributed by atoms with Gasteiger partial charge in [0.15, 0.2) is 0 Å². The lowest BCUT2D eigenvalue weighted by atomic mass is 9.85. The number of aryl methyl sites for hydroxylation is 1. The molecule has 4 aromatic rings. The summed E-state index contributed by atoms with van der Waals surface area (Å²) in [6.07, 6.45) is 1.92. The van der Waals surface area contributed by atoms with Crippen molar-refractivity contribution in [1.82, 2.24) is 9.47 Å². The molecular weight excluding hydrogens is 490 g/mol. The molecule has 0 saturated carbocycles. The molecule has 3 aromatic carbocycles.